The summed E-state index contributed by atoms with van der Waals surface area (Å²) in [6, 6.07) is 0. The number of rotatable bonds is 2. The van der Waals surface area contributed by atoms with E-state index in [2.05, 4.69) is 39.9 Å². The molecule has 2 radical (unpaired) electrons. The van der Waals surface area contributed by atoms with Crippen molar-refractivity contribution in [3.63, 3.8) is 0 Å². The Bertz CT molecular complexity index is 144. The molecular weight excluding hydrogens is 255 g/mol. The Kier molecular flexibility index (Phi) is 18.7. The van der Waals surface area contributed by atoms with Crippen LogP contribution in [0.1, 0.15) is 21.3 Å². The van der Waals surface area contributed by atoms with E-state index in [4.69, 9.17) is 9.47 Å². The van der Waals surface area contributed by atoms with Crippen LogP contribution < -0.4 is 0 Å². The van der Waals surface area contributed by atoms with Crippen LogP contribution >= 0.6 is 0 Å². The molecule has 0 aromatic rings. The summed E-state index contributed by atoms with van der Waals surface area (Å²) in [6.07, 6.45) is 0. The average Bonchev–Trinajstić information content (AvgIpc) is 2.51. The Balaban J connectivity index is 0. The van der Waals surface area contributed by atoms with E-state index in [0.717, 1.165) is 52.6 Å². The lowest BCUT2D eigenvalue weighted by Gasteiger charge is -2.24. The molecule has 4 nitrogen and oxygen atoms in total. The molecule has 2 saturated heterocycles. The summed E-state index contributed by atoms with van der Waals surface area (Å²) in [7, 11) is 0. The smallest absolute Gasteiger partial charge is 0.112 e. The van der Waals surface area contributed by atoms with Gasteiger partial charge < -0.3 is 9.47 Å². The molecular formula is C14H33AlN2O2. The van der Waals surface area contributed by atoms with E-state index in [0.29, 0.717) is 0 Å². The van der Waals surface area contributed by atoms with E-state index < -0.39 is 0 Å². The Hall–Kier alpha value is 0.372. The maximum absolute atomic E-state index is 5.16. The molecule has 2 heterocycles. The fourth-order valence-corrected chi connectivity index (χ4v) is 1.83. The van der Waals surface area contributed by atoms with Gasteiger partial charge in [0.1, 0.15) is 16.3 Å². The molecule has 0 unspecified atom stereocenters. The highest BCUT2D eigenvalue weighted by Gasteiger charge is 2.06. The van der Waals surface area contributed by atoms with Gasteiger partial charge in [0.2, 0.25) is 0 Å². The molecule has 2 rings (SSSR count). The van der Waals surface area contributed by atoms with E-state index in [1.807, 2.05) is 5.79 Å². The molecule has 114 valence electrons. The van der Waals surface area contributed by atoms with E-state index >= 15 is 0 Å². The summed E-state index contributed by atoms with van der Waals surface area (Å²) in [5.41, 5.74) is 0. The molecule has 0 amide bonds. The first-order chi connectivity index (χ1) is 8.86. The number of nitrogens with zero attached hydrogens (tertiary/aromatic N) is 2. The number of likely N-dealkylation sites (N-methyl/N-ethyl adjacent to an activating group) is 2. The van der Waals surface area contributed by atoms with Crippen molar-refractivity contribution in [1.82, 2.24) is 9.80 Å². The number of hydrogen-bond donors (Lipinski definition) is 0. The largest absolute Gasteiger partial charge is 0.379 e. The summed E-state index contributed by atoms with van der Waals surface area (Å²) in [4.78, 5) is 4.78. The minimum Gasteiger partial charge on any atom is -0.379 e. The molecule has 0 atom stereocenters. The fourth-order valence-electron chi connectivity index (χ4n) is 1.83. The van der Waals surface area contributed by atoms with Crippen LogP contribution in [0.3, 0.4) is 0 Å². The van der Waals surface area contributed by atoms with Gasteiger partial charge in [0.15, 0.2) is 0 Å². The highest BCUT2D eigenvalue weighted by molar-refractivity contribution is 6.05. The van der Waals surface area contributed by atoms with Crippen molar-refractivity contribution in [3.8, 4) is 0 Å². The predicted molar refractivity (Wildman–Crippen MR) is 84.2 cm³/mol. The van der Waals surface area contributed by atoms with Gasteiger partial charge >= 0.3 is 0 Å². The quantitative estimate of drug-likeness (QED) is 0.719. The molecule has 0 aliphatic carbocycles. The summed E-state index contributed by atoms with van der Waals surface area (Å²) >= 11 is 2.42. The average molecular weight is 288 g/mol. The molecule has 0 saturated carbocycles. The second-order valence-corrected chi connectivity index (χ2v) is 4.09. The fraction of sp³-hybridized carbons (Fsp3) is 1.00. The molecule has 19 heavy (non-hydrogen) atoms. The summed E-state index contributed by atoms with van der Waals surface area (Å²) in [6.45, 7) is 14.9. The SMILES string of the molecule is C.CCN1CCOCC1.CCN1CCOCC1.[CH3][Al]. The first-order valence-corrected chi connectivity index (χ1v) is 8.20. The van der Waals surface area contributed by atoms with Crippen LogP contribution in [0.4, 0.5) is 0 Å². The van der Waals surface area contributed by atoms with Crippen molar-refractivity contribution >= 4 is 16.3 Å². The Morgan fingerprint density at radius 2 is 1.00 bits per heavy atom. The summed E-state index contributed by atoms with van der Waals surface area (Å²) in [5.74, 6) is 1.92. The molecule has 0 bridgehead atoms. The second-order valence-electron chi connectivity index (χ2n) is 4.09. The van der Waals surface area contributed by atoms with Crippen LogP contribution in [0.2, 0.25) is 5.79 Å². The molecule has 0 aromatic carbocycles. The molecule has 2 aliphatic rings. The Labute approximate surface area is 128 Å². The monoisotopic (exact) mass is 288 g/mol. The van der Waals surface area contributed by atoms with Gasteiger partial charge in [-0.1, -0.05) is 21.3 Å². The van der Waals surface area contributed by atoms with E-state index in [9.17, 15) is 0 Å². The summed E-state index contributed by atoms with van der Waals surface area (Å²) in [5, 5.41) is 0. The van der Waals surface area contributed by atoms with Crippen molar-refractivity contribution in [1.29, 1.82) is 0 Å². The number of morpholine rings is 2. The topological polar surface area (TPSA) is 24.9 Å². The maximum Gasteiger partial charge on any atom is 0.112 e. The van der Waals surface area contributed by atoms with Gasteiger partial charge in [-0.3, -0.25) is 9.80 Å². The van der Waals surface area contributed by atoms with Gasteiger partial charge in [-0.05, 0) is 13.1 Å². The molecule has 2 aliphatic heterocycles. The van der Waals surface area contributed by atoms with Gasteiger partial charge in [0, 0.05) is 26.2 Å². The zero-order valence-electron chi connectivity index (χ0n) is 12.4. The van der Waals surface area contributed by atoms with Crippen LogP contribution in [-0.4, -0.2) is 91.8 Å². The van der Waals surface area contributed by atoms with Gasteiger partial charge in [0.05, 0.1) is 26.4 Å². The Morgan fingerprint density at radius 1 is 0.737 bits per heavy atom. The van der Waals surface area contributed by atoms with Crippen molar-refractivity contribution in [2.45, 2.75) is 27.1 Å². The lowest BCUT2D eigenvalue weighted by atomic mass is 10.4. The molecule has 5 heteroatoms. The van der Waals surface area contributed by atoms with Crippen LogP contribution in [0, 0.1) is 0 Å². The molecule has 0 N–H and O–H groups in total. The van der Waals surface area contributed by atoms with Crippen molar-refractivity contribution in [3.05, 3.63) is 0 Å². The third kappa shape index (κ3) is 11.9. The third-order valence-corrected chi connectivity index (χ3v) is 3.10. The van der Waals surface area contributed by atoms with Crippen molar-refractivity contribution in [2.24, 2.45) is 0 Å². The van der Waals surface area contributed by atoms with Gasteiger partial charge in [-0.25, -0.2) is 0 Å². The van der Waals surface area contributed by atoms with Crippen LogP contribution in [0.25, 0.3) is 0 Å². The lowest BCUT2D eigenvalue weighted by Crippen LogP contribution is -2.35. The normalized spacial score (nSPS) is 20.2. The standard InChI is InChI=1S/2C6H13NO.CH4.CH3.Al/c2*1-2-7-3-5-8-6-4-7;;;/h2*2-6H2,1H3;1H4;1H3;. The van der Waals surface area contributed by atoms with Gasteiger partial charge in [-0.15, -0.1) is 5.79 Å². The zero-order chi connectivity index (χ0) is 13.6. The first kappa shape index (κ1) is 21.7. The first-order valence-electron chi connectivity index (χ1n) is 7.04. The van der Waals surface area contributed by atoms with Crippen LogP contribution in [0.5, 0.6) is 0 Å². The predicted octanol–water partition coefficient (Wildman–Crippen LogP) is 1.52. The second kappa shape index (κ2) is 16.4. The van der Waals surface area contributed by atoms with E-state index in [1.165, 1.54) is 13.1 Å². The minimum atomic E-state index is 0. The Morgan fingerprint density at radius 3 is 1.16 bits per heavy atom. The number of ether oxygens (including phenoxy) is 2. The van der Waals surface area contributed by atoms with E-state index in [1.54, 1.807) is 0 Å². The molecule has 0 aromatic heterocycles. The van der Waals surface area contributed by atoms with Gasteiger partial charge in [0.25, 0.3) is 0 Å². The lowest BCUT2D eigenvalue weighted by molar-refractivity contribution is 0.0404. The minimum absolute atomic E-state index is 0. The zero-order valence-corrected chi connectivity index (χ0v) is 13.5. The highest BCUT2D eigenvalue weighted by Crippen LogP contribution is 1.94. The third-order valence-electron chi connectivity index (χ3n) is 3.10. The maximum atomic E-state index is 5.16. The van der Waals surface area contributed by atoms with Crippen molar-refractivity contribution < 1.29 is 9.47 Å². The summed E-state index contributed by atoms with van der Waals surface area (Å²) < 4.78 is 10.3. The van der Waals surface area contributed by atoms with Crippen LogP contribution in [0.15, 0.2) is 0 Å². The van der Waals surface area contributed by atoms with Gasteiger partial charge in [-0.2, -0.15) is 0 Å². The molecule has 0 spiro atoms. The van der Waals surface area contributed by atoms with Crippen LogP contribution in [-0.2, 0) is 9.47 Å². The van der Waals surface area contributed by atoms with Crippen molar-refractivity contribution in [2.75, 3.05) is 65.7 Å². The number of hydrogen-bond acceptors (Lipinski definition) is 4. The highest BCUT2D eigenvalue weighted by atomic mass is 27.0. The van der Waals surface area contributed by atoms with E-state index in [-0.39, 0.29) is 7.43 Å². The molecule has 2 fully saturated rings.